The molecule has 0 aliphatic heterocycles. The van der Waals surface area contributed by atoms with Crippen LogP contribution >= 0.6 is 7.82 Å². The Bertz CT molecular complexity index is 1630. The second-order valence-corrected chi connectivity index (χ2v) is 22.3. The molecule has 0 fully saturated rings. The number of esters is 3. The molecule has 0 radical (unpaired) electrons. The Morgan fingerprint density at radius 3 is 1.06 bits per heavy atom. The molecule has 0 spiro atoms. The highest BCUT2D eigenvalue weighted by Crippen LogP contribution is 2.43. The fourth-order valence-corrected chi connectivity index (χ4v) is 9.32. The van der Waals surface area contributed by atoms with Crippen molar-refractivity contribution < 1.29 is 52.2 Å². The van der Waals surface area contributed by atoms with Crippen molar-refractivity contribution in [2.75, 3.05) is 26.4 Å². The summed E-state index contributed by atoms with van der Waals surface area (Å²) in [5.74, 6) is -1.51. The van der Waals surface area contributed by atoms with Gasteiger partial charge in [-0.3, -0.25) is 23.4 Å². The zero-order valence-electron chi connectivity index (χ0n) is 49.9. The molecule has 3 unspecified atom stereocenters. The average Bonchev–Trinajstić information content (AvgIpc) is 3.43. The highest BCUT2D eigenvalue weighted by Gasteiger charge is 2.28. The molecule has 0 rings (SSSR count). The molecule has 78 heavy (non-hydrogen) atoms. The molecule has 0 saturated heterocycles. The van der Waals surface area contributed by atoms with Crippen molar-refractivity contribution in [3.63, 3.8) is 0 Å². The first kappa shape index (κ1) is 74.7. The molecule has 450 valence electrons. The summed E-state index contributed by atoms with van der Waals surface area (Å²) in [6.45, 7) is 4.49. The van der Waals surface area contributed by atoms with Crippen LogP contribution < -0.4 is 0 Å². The Morgan fingerprint density at radius 2 is 0.667 bits per heavy atom. The average molecular weight is 1120 g/mol. The lowest BCUT2D eigenvalue weighted by Gasteiger charge is -2.21. The molecule has 11 nitrogen and oxygen atoms in total. The molecular formula is C66H115O11P. The Labute approximate surface area is 477 Å². The number of hydrogen-bond donors (Lipinski definition) is 2. The van der Waals surface area contributed by atoms with E-state index < -0.39 is 57.8 Å². The molecule has 3 atom stereocenters. The van der Waals surface area contributed by atoms with Gasteiger partial charge in [0.2, 0.25) is 0 Å². The predicted octanol–water partition coefficient (Wildman–Crippen LogP) is 19.0. The van der Waals surface area contributed by atoms with Crippen molar-refractivity contribution in [3.05, 3.63) is 85.1 Å². The topological polar surface area (TPSA) is 155 Å². The highest BCUT2D eigenvalue weighted by molar-refractivity contribution is 7.47. The maximum absolute atomic E-state index is 12.9. The summed E-state index contributed by atoms with van der Waals surface area (Å²) in [5, 5.41) is 9.85. The van der Waals surface area contributed by atoms with Gasteiger partial charge in [0.15, 0.2) is 6.10 Å². The number of rotatable bonds is 58. The van der Waals surface area contributed by atoms with Crippen molar-refractivity contribution in [1.82, 2.24) is 0 Å². The number of allylic oxidation sites excluding steroid dienone is 14. The van der Waals surface area contributed by atoms with E-state index in [9.17, 15) is 28.9 Å². The van der Waals surface area contributed by atoms with Gasteiger partial charge in [-0.2, -0.15) is 0 Å². The molecule has 12 heteroatoms. The number of phosphoric acid groups is 1. The van der Waals surface area contributed by atoms with Gasteiger partial charge in [-0.15, -0.1) is 0 Å². The molecular weight excluding hydrogens is 1000 g/mol. The molecule has 2 N–H and O–H groups in total. The fourth-order valence-electron chi connectivity index (χ4n) is 8.53. The third kappa shape index (κ3) is 57.3. The lowest BCUT2D eigenvalue weighted by Crippen LogP contribution is -2.30. The number of ether oxygens (including phenoxy) is 3. The zero-order valence-corrected chi connectivity index (χ0v) is 50.8. The van der Waals surface area contributed by atoms with Gasteiger partial charge in [0, 0.05) is 19.3 Å². The quantitative estimate of drug-likeness (QED) is 0.0197. The van der Waals surface area contributed by atoms with E-state index in [1.165, 1.54) is 103 Å². The molecule has 0 heterocycles. The van der Waals surface area contributed by atoms with Crippen LogP contribution in [0.25, 0.3) is 0 Å². The number of carbonyl (C=O) groups is 3. The summed E-state index contributed by atoms with van der Waals surface area (Å²) < 4.78 is 39.6. The third-order valence-corrected chi connectivity index (χ3v) is 14.3. The number of carbonyl (C=O) groups excluding carboxylic acids is 3. The summed E-state index contributed by atoms with van der Waals surface area (Å²) >= 11 is 0. The first-order valence-electron chi connectivity index (χ1n) is 31.5. The van der Waals surface area contributed by atoms with E-state index in [2.05, 4.69) is 106 Å². The number of phosphoric ester groups is 1. The van der Waals surface area contributed by atoms with Gasteiger partial charge in [0.1, 0.15) is 12.7 Å². The molecule has 0 saturated carbocycles. The van der Waals surface area contributed by atoms with Crippen molar-refractivity contribution in [2.24, 2.45) is 0 Å². The number of hydrogen-bond acceptors (Lipinski definition) is 10. The summed E-state index contributed by atoms with van der Waals surface area (Å²) in [4.78, 5) is 48.7. The van der Waals surface area contributed by atoms with Crippen LogP contribution in [0.1, 0.15) is 278 Å². The van der Waals surface area contributed by atoms with Crippen molar-refractivity contribution >= 4 is 25.7 Å². The van der Waals surface area contributed by atoms with E-state index in [4.69, 9.17) is 23.3 Å². The normalized spacial score (nSPS) is 13.9. The van der Waals surface area contributed by atoms with Crippen LogP contribution in [0.2, 0.25) is 0 Å². The fraction of sp³-hybridized carbons (Fsp3) is 0.742. The second-order valence-electron chi connectivity index (χ2n) is 20.8. The molecule has 0 amide bonds. The Morgan fingerprint density at radius 1 is 0.372 bits per heavy atom. The number of aliphatic hydroxyl groups is 1. The highest BCUT2D eigenvalue weighted by atomic mass is 31.2. The molecule has 0 bridgehead atoms. The number of aliphatic hydroxyl groups excluding tert-OH is 1. The van der Waals surface area contributed by atoms with Gasteiger partial charge in [-0.1, -0.05) is 247 Å². The van der Waals surface area contributed by atoms with Crippen LogP contribution in [0.5, 0.6) is 0 Å². The second kappa shape index (κ2) is 59.8. The maximum Gasteiger partial charge on any atom is 0.472 e. The molecule has 0 aliphatic carbocycles. The van der Waals surface area contributed by atoms with Crippen LogP contribution in [-0.4, -0.2) is 66.5 Å². The largest absolute Gasteiger partial charge is 0.472 e. The first-order chi connectivity index (χ1) is 38.2. The summed E-state index contributed by atoms with van der Waals surface area (Å²) in [6, 6.07) is 0. The smallest absolute Gasteiger partial charge is 0.462 e. The van der Waals surface area contributed by atoms with Crippen LogP contribution in [0.15, 0.2) is 85.1 Å². The standard InChI is InChI=1S/C66H115O11P/c1-4-7-10-13-16-19-22-25-28-30-31-33-36-39-42-45-48-51-54-57-66(70)77-63(59-73-64(68)55-52-49-46-43-40-37-34-27-24-21-18-15-12-9-6-3)61-75-78(71,72)74-60-62(58-67)76-65(69)56-53-50-47-44-41-38-35-32-29-26-23-20-17-14-11-8-5-2/h7,10,16,18-19,21,25,27-28,31,33-34,39,42,62-63,67H,4-6,8-9,11-15,17,20,22-24,26,29-30,32,35-38,40-41,43-61H2,1-3H3,(H,71,72)/b10-7-,19-16-,21-18-,28-25-,33-31-,34-27-,42-39-. The van der Waals surface area contributed by atoms with Gasteiger partial charge in [-0.05, 0) is 96.3 Å². The van der Waals surface area contributed by atoms with Crippen LogP contribution in [-0.2, 0) is 42.2 Å². The van der Waals surface area contributed by atoms with E-state index >= 15 is 0 Å². The van der Waals surface area contributed by atoms with Crippen LogP contribution in [0, 0.1) is 0 Å². The van der Waals surface area contributed by atoms with E-state index in [-0.39, 0.29) is 25.9 Å². The van der Waals surface area contributed by atoms with Crippen molar-refractivity contribution in [1.29, 1.82) is 0 Å². The summed E-state index contributed by atoms with van der Waals surface area (Å²) in [7, 11) is -4.77. The van der Waals surface area contributed by atoms with Gasteiger partial charge in [0.05, 0.1) is 19.8 Å². The minimum atomic E-state index is -4.77. The van der Waals surface area contributed by atoms with Crippen molar-refractivity contribution in [3.8, 4) is 0 Å². The lowest BCUT2D eigenvalue weighted by atomic mass is 10.0. The summed E-state index contributed by atoms with van der Waals surface area (Å²) in [6.07, 6.45) is 69.6. The Balaban J connectivity index is 4.75. The molecule has 0 aromatic rings. The van der Waals surface area contributed by atoms with E-state index in [0.717, 1.165) is 116 Å². The first-order valence-corrected chi connectivity index (χ1v) is 33.0. The minimum Gasteiger partial charge on any atom is -0.462 e. The molecule has 0 aromatic heterocycles. The monoisotopic (exact) mass is 1110 g/mol. The molecule has 0 aliphatic rings. The maximum atomic E-state index is 12.9. The van der Waals surface area contributed by atoms with Crippen LogP contribution in [0.4, 0.5) is 0 Å². The van der Waals surface area contributed by atoms with E-state index in [1.807, 2.05) is 0 Å². The van der Waals surface area contributed by atoms with Gasteiger partial charge in [0.25, 0.3) is 0 Å². The lowest BCUT2D eigenvalue weighted by molar-refractivity contribution is -0.161. The number of unbranched alkanes of at least 4 members (excludes halogenated alkanes) is 27. The van der Waals surface area contributed by atoms with Gasteiger partial charge in [-0.25, -0.2) is 4.57 Å². The molecule has 0 aromatic carbocycles. The van der Waals surface area contributed by atoms with E-state index in [0.29, 0.717) is 19.3 Å². The van der Waals surface area contributed by atoms with Crippen LogP contribution in [0.3, 0.4) is 0 Å². The summed E-state index contributed by atoms with van der Waals surface area (Å²) in [5.41, 5.74) is 0. The van der Waals surface area contributed by atoms with Crippen molar-refractivity contribution in [2.45, 2.75) is 290 Å². The van der Waals surface area contributed by atoms with Gasteiger partial charge >= 0.3 is 25.7 Å². The Kier molecular flexibility index (Phi) is 57.2. The van der Waals surface area contributed by atoms with E-state index in [1.54, 1.807) is 0 Å². The predicted molar refractivity (Wildman–Crippen MR) is 325 cm³/mol. The minimum absolute atomic E-state index is 0.123. The van der Waals surface area contributed by atoms with Gasteiger partial charge < -0.3 is 24.2 Å². The zero-order chi connectivity index (χ0) is 56.9. The SMILES string of the molecule is CC/C=C\C/C=C\C/C=C\C/C=C\C/C=C\CCCCCC(=O)OC(COC(=O)CCCCCCC/C=C\C/C=C\CCCCC)COP(=O)(O)OCC(CO)OC(=O)CCCCCCCCCCCCCCCCCCC. The third-order valence-electron chi connectivity index (χ3n) is 13.3. The Hall–Kier alpha value is -3.34.